The number of carbonyl (C=O) groups excluding carboxylic acids is 1. The fourth-order valence-corrected chi connectivity index (χ4v) is 1.95. The third-order valence-electron chi connectivity index (χ3n) is 2.72. The lowest BCUT2D eigenvalue weighted by molar-refractivity contribution is -0.119. The van der Waals surface area contributed by atoms with Gasteiger partial charge in [-0.1, -0.05) is 12.1 Å². The summed E-state index contributed by atoms with van der Waals surface area (Å²) in [6.45, 7) is 1.16. The number of primary amides is 1. The number of rotatable bonds is 6. The first-order chi connectivity index (χ1) is 9.63. The number of benzene rings is 1. The van der Waals surface area contributed by atoms with Crippen molar-refractivity contribution in [2.75, 3.05) is 12.3 Å². The lowest BCUT2D eigenvalue weighted by atomic mass is 10.2. The van der Waals surface area contributed by atoms with Crippen LogP contribution in [0.2, 0.25) is 0 Å². The van der Waals surface area contributed by atoms with E-state index in [4.69, 9.17) is 11.5 Å². The van der Waals surface area contributed by atoms with Gasteiger partial charge in [-0.3, -0.25) is 9.69 Å². The highest BCUT2D eigenvalue weighted by molar-refractivity contribution is 5.75. The average molecular weight is 271 g/mol. The molecule has 0 aliphatic rings. The molecule has 0 unspecified atom stereocenters. The van der Waals surface area contributed by atoms with Crippen molar-refractivity contribution < 1.29 is 4.79 Å². The second-order valence-corrected chi connectivity index (χ2v) is 4.52. The molecule has 1 amide bonds. The number of aromatic nitrogens is 2. The average Bonchev–Trinajstić information content (AvgIpc) is 2.39. The summed E-state index contributed by atoms with van der Waals surface area (Å²) in [6.07, 6.45) is 3.34. The Morgan fingerprint density at radius 1 is 1.15 bits per heavy atom. The molecule has 0 radical (unpaired) electrons. The van der Waals surface area contributed by atoms with Crippen molar-refractivity contribution in [3.8, 4) is 0 Å². The van der Waals surface area contributed by atoms with Crippen molar-refractivity contribution >= 4 is 11.6 Å². The number of nitrogen functional groups attached to an aromatic ring is 1. The molecule has 6 nitrogen and oxygen atoms in total. The van der Waals surface area contributed by atoms with Crippen molar-refractivity contribution in [3.05, 3.63) is 54.1 Å². The Morgan fingerprint density at radius 2 is 1.90 bits per heavy atom. The Balaban J connectivity index is 2.09. The van der Waals surface area contributed by atoms with Gasteiger partial charge in [-0.05, 0) is 23.8 Å². The summed E-state index contributed by atoms with van der Waals surface area (Å²) in [4.78, 5) is 21.4. The number of nitrogens with two attached hydrogens (primary N) is 2. The second-order valence-electron chi connectivity index (χ2n) is 4.52. The van der Waals surface area contributed by atoms with Gasteiger partial charge in [-0.15, -0.1) is 0 Å². The third kappa shape index (κ3) is 4.33. The zero-order chi connectivity index (χ0) is 14.4. The lowest BCUT2D eigenvalue weighted by Crippen LogP contribution is -2.33. The van der Waals surface area contributed by atoms with Crippen LogP contribution in [0.1, 0.15) is 11.4 Å². The Morgan fingerprint density at radius 3 is 2.55 bits per heavy atom. The van der Waals surface area contributed by atoms with E-state index >= 15 is 0 Å². The van der Waals surface area contributed by atoms with Gasteiger partial charge in [0.05, 0.1) is 13.1 Å². The van der Waals surface area contributed by atoms with Gasteiger partial charge in [-0.25, -0.2) is 9.97 Å². The van der Waals surface area contributed by atoms with Gasteiger partial charge in [-0.2, -0.15) is 0 Å². The van der Waals surface area contributed by atoms with Crippen LogP contribution < -0.4 is 11.5 Å². The molecule has 0 fully saturated rings. The van der Waals surface area contributed by atoms with Crippen LogP contribution in [0.4, 0.5) is 5.69 Å². The van der Waals surface area contributed by atoms with E-state index in [2.05, 4.69) is 9.97 Å². The zero-order valence-electron chi connectivity index (χ0n) is 11.1. The van der Waals surface area contributed by atoms with Crippen molar-refractivity contribution in [1.29, 1.82) is 0 Å². The Kier molecular flexibility index (Phi) is 4.62. The number of anilines is 1. The number of nitrogens with zero attached hydrogens (tertiary/aromatic N) is 3. The minimum absolute atomic E-state index is 0.146. The molecule has 104 valence electrons. The SMILES string of the molecule is NC(=O)CN(Cc1cccc(N)c1)Cc1ncccn1. The van der Waals surface area contributed by atoms with Crippen LogP contribution in [0.25, 0.3) is 0 Å². The van der Waals surface area contributed by atoms with E-state index in [1.807, 2.05) is 29.2 Å². The summed E-state index contributed by atoms with van der Waals surface area (Å²) >= 11 is 0. The Bertz CT molecular complexity index is 573. The molecule has 0 bridgehead atoms. The fraction of sp³-hybridized carbons (Fsp3) is 0.214. The van der Waals surface area contributed by atoms with Crippen molar-refractivity contribution in [3.63, 3.8) is 0 Å². The predicted octanol–water partition coefficient (Wildman–Crippen LogP) is 0.546. The highest BCUT2D eigenvalue weighted by atomic mass is 16.1. The summed E-state index contributed by atoms with van der Waals surface area (Å²) in [5, 5.41) is 0. The zero-order valence-corrected chi connectivity index (χ0v) is 11.1. The summed E-state index contributed by atoms with van der Waals surface area (Å²) < 4.78 is 0. The molecule has 2 aromatic rings. The standard InChI is InChI=1S/C14H17N5O/c15-12-4-1-3-11(7-12)8-19(9-13(16)20)10-14-17-5-2-6-18-14/h1-7H,8-10,15H2,(H2,16,20). The van der Waals surface area contributed by atoms with Crippen LogP contribution >= 0.6 is 0 Å². The minimum atomic E-state index is -0.384. The van der Waals surface area contributed by atoms with Gasteiger partial charge in [0.2, 0.25) is 5.91 Å². The molecule has 1 heterocycles. The van der Waals surface area contributed by atoms with Crippen molar-refractivity contribution in [2.45, 2.75) is 13.1 Å². The van der Waals surface area contributed by atoms with Gasteiger partial charge in [0.25, 0.3) is 0 Å². The van der Waals surface area contributed by atoms with Crippen molar-refractivity contribution in [2.24, 2.45) is 5.73 Å². The second kappa shape index (κ2) is 6.63. The third-order valence-corrected chi connectivity index (χ3v) is 2.72. The normalized spacial score (nSPS) is 10.7. The van der Waals surface area contributed by atoms with E-state index in [-0.39, 0.29) is 12.5 Å². The molecule has 1 aromatic heterocycles. The predicted molar refractivity (Wildman–Crippen MR) is 76.2 cm³/mol. The molecule has 0 saturated carbocycles. The van der Waals surface area contributed by atoms with E-state index in [0.717, 1.165) is 5.56 Å². The smallest absolute Gasteiger partial charge is 0.231 e. The maximum Gasteiger partial charge on any atom is 0.231 e. The highest BCUT2D eigenvalue weighted by Crippen LogP contribution is 2.11. The van der Waals surface area contributed by atoms with E-state index in [1.165, 1.54) is 0 Å². The molecule has 2 rings (SSSR count). The van der Waals surface area contributed by atoms with Crippen molar-refractivity contribution in [1.82, 2.24) is 14.9 Å². The number of carbonyl (C=O) groups is 1. The molecule has 0 saturated heterocycles. The van der Waals surface area contributed by atoms with Crippen LogP contribution in [0.15, 0.2) is 42.7 Å². The quantitative estimate of drug-likeness (QED) is 0.747. The van der Waals surface area contributed by atoms with E-state index in [1.54, 1.807) is 18.5 Å². The van der Waals surface area contributed by atoms with E-state index in [0.29, 0.717) is 24.6 Å². The molecule has 0 aliphatic heterocycles. The molecule has 20 heavy (non-hydrogen) atoms. The Labute approximate surface area is 117 Å². The van der Waals surface area contributed by atoms with E-state index in [9.17, 15) is 4.79 Å². The van der Waals surface area contributed by atoms with Gasteiger partial charge in [0, 0.05) is 24.6 Å². The van der Waals surface area contributed by atoms with Gasteiger partial charge in [0.15, 0.2) is 0 Å². The summed E-state index contributed by atoms with van der Waals surface area (Å²) in [5.74, 6) is 0.266. The van der Waals surface area contributed by atoms with Crippen LogP contribution in [-0.4, -0.2) is 27.3 Å². The summed E-state index contributed by atoms with van der Waals surface area (Å²) in [6, 6.07) is 9.28. The molecule has 0 spiro atoms. The van der Waals surface area contributed by atoms with Gasteiger partial charge < -0.3 is 11.5 Å². The minimum Gasteiger partial charge on any atom is -0.399 e. The first-order valence-corrected chi connectivity index (χ1v) is 6.24. The van der Waals surface area contributed by atoms with Crippen LogP contribution in [0, 0.1) is 0 Å². The van der Waals surface area contributed by atoms with E-state index < -0.39 is 0 Å². The Hall–Kier alpha value is -2.47. The summed E-state index contributed by atoms with van der Waals surface area (Å²) in [5.41, 5.74) is 12.7. The molecule has 0 atom stereocenters. The van der Waals surface area contributed by atoms with Crippen LogP contribution in [0.3, 0.4) is 0 Å². The molecular formula is C14H17N5O. The maximum absolute atomic E-state index is 11.2. The first kappa shape index (κ1) is 14.0. The first-order valence-electron chi connectivity index (χ1n) is 6.24. The summed E-state index contributed by atoms with van der Waals surface area (Å²) in [7, 11) is 0. The van der Waals surface area contributed by atoms with Crippen LogP contribution in [-0.2, 0) is 17.9 Å². The molecule has 6 heteroatoms. The number of hydrogen-bond donors (Lipinski definition) is 2. The lowest BCUT2D eigenvalue weighted by Gasteiger charge is -2.20. The van der Waals surface area contributed by atoms with Crippen LogP contribution in [0.5, 0.6) is 0 Å². The van der Waals surface area contributed by atoms with Gasteiger partial charge >= 0.3 is 0 Å². The largest absolute Gasteiger partial charge is 0.399 e. The highest BCUT2D eigenvalue weighted by Gasteiger charge is 2.11. The monoisotopic (exact) mass is 271 g/mol. The topological polar surface area (TPSA) is 98.1 Å². The maximum atomic E-state index is 11.2. The molecular weight excluding hydrogens is 254 g/mol. The number of amides is 1. The molecule has 1 aromatic carbocycles. The number of hydrogen-bond acceptors (Lipinski definition) is 5. The molecule has 4 N–H and O–H groups in total. The van der Waals surface area contributed by atoms with Gasteiger partial charge in [0.1, 0.15) is 5.82 Å². The fourth-order valence-electron chi connectivity index (χ4n) is 1.95. The molecule has 0 aliphatic carbocycles.